The third kappa shape index (κ3) is 3.38. The molecule has 0 saturated carbocycles. The highest BCUT2D eigenvalue weighted by atomic mass is 16.5. The maximum atomic E-state index is 11.3. The average molecular weight is 210 g/mol. The lowest BCUT2D eigenvalue weighted by molar-refractivity contribution is 0.0983. The van der Waals surface area contributed by atoms with E-state index in [4.69, 9.17) is 4.74 Å². The maximum Gasteiger partial charge on any atom is 0.254 e. The van der Waals surface area contributed by atoms with Crippen LogP contribution >= 0.6 is 0 Å². The number of nitrogens with zero attached hydrogens (tertiary/aromatic N) is 1. The van der Waals surface area contributed by atoms with Crippen molar-refractivity contribution in [2.24, 2.45) is 0 Å². The molecular weight excluding hydrogens is 192 g/mol. The first-order valence-corrected chi connectivity index (χ1v) is 5.26. The van der Waals surface area contributed by atoms with Crippen LogP contribution in [0.15, 0.2) is 10.9 Å². The molecule has 0 fully saturated rings. The van der Waals surface area contributed by atoms with Crippen molar-refractivity contribution in [3.05, 3.63) is 22.2 Å². The second-order valence-corrected chi connectivity index (χ2v) is 4.10. The van der Waals surface area contributed by atoms with Crippen LogP contribution in [-0.4, -0.2) is 15.6 Å². The molecule has 0 bridgehead atoms. The number of aromatic amines is 1. The first-order chi connectivity index (χ1) is 6.96. The minimum Gasteiger partial charge on any atom is -0.471 e. The third-order valence-electron chi connectivity index (χ3n) is 2.33. The molecule has 1 aromatic heterocycles. The van der Waals surface area contributed by atoms with Gasteiger partial charge in [0.05, 0.1) is 6.07 Å². The van der Waals surface area contributed by atoms with E-state index >= 15 is 0 Å². The molecule has 0 aromatic carbocycles. The average Bonchev–Trinajstić information content (AvgIpc) is 2.16. The van der Waals surface area contributed by atoms with E-state index in [0.717, 1.165) is 6.42 Å². The molecule has 1 rings (SSSR count). The number of nitrogens with one attached hydrogen (secondary N) is 1. The van der Waals surface area contributed by atoms with Crippen LogP contribution in [0, 0.1) is 0 Å². The summed E-state index contributed by atoms with van der Waals surface area (Å²) in [4.78, 5) is 18.1. The van der Waals surface area contributed by atoms with Crippen molar-refractivity contribution in [2.75, 3.05) is 0 Å². The molecule has 1 N–H and O–H groups in total. The molecule has 0 spiro atoms. The summed E-state index contributed by atoms with van der Waals surface area (Å²) in [6.45, 7) is 7.92. The van der Waals surface area contributed by atoms with Gasteiger partial charge < -0.3 is 9.72 Å². The van der Waals surface area contributed by atoms with Crippen LogP contribution in [0.4, 0.5) is 0 Å². The summed E-state index contributed by atoms with van der Waals surface area (Å²) in [5.74, 6) is 1.06. The van der Waals surface area contributed by atoms with E-state index in [0.29, 0.717) is 18.1 Å². The quantitative estimate of drug-likeness (QED) is 0.825. The van der Waals surface area contributed by atoms with Crippen LogP contribution in [-0.2, 0) is 6.42 Å². The fraction of sp³-hybridized carbons (Fsp3) is 0.636. The van der Waals surface area contributed by atoms with E-state index in [9.17, 15) is 4.79 Å². The number of aryl methyl sites for hydroxylation is 1. The van der Waals surface area contributed by atoms with Crippen LogP contribution in [0.5, 0.6) is 5.88 Å². The molecule has 0 saturated heterocycles. The molecular formula is C11H18N2O2. The highest BCUT2D eigenvalue weighted by Gasteiger charge is 2.17. The molecule has 0 aliphatic heterocycles. The van der Waals surface area contributed by atoms with Gasteiger partial charge in [-0.2, -0.15) is 0 Å². The monoisotopic (exact) mass is 210 g/mol. The van der Waals surface area contributed by atoms with E-state index < -0.39 is 0 Å². The molecule has 0 radical (unpaired) electrons. The van der Waals surface area contributed by atoms with Crippen LogP contribution in [0.3, 0.4) is 0 Å². The van der Waals surface area contributed by atoms with Gasteiger partial charge in [-0.15, -0.1) is 0 Å². The largest absolute Gasteiger partial charge is 0.471 e. The van der Waals surface area contributed by atoms with Gasteiger partial charge in [0.1, 0.15) is 11.4 Å². The molecule has 0 amide bonds. The molecule has 0 aliphatic carbocycles. The first-order valence-electron chi connectivity index (χ1n) is 5.26. The zero-order valence-electron chi connectivity index (χ0n) is 9.76. The van der Waals surface area contributed by atoms with Gasteiger partial charge in [0.2, 0.25) is 5.88 Å². The van der Waals surface area contributed by atoms with E-state index in [2.05, 4.69) is 9.97 Å². The Morgan fingerprint density at radius 1 is 1.47 bits per heavy atom. The van der Waals surface area contributed by atoms with Crippen molar-refractivity contribution >= 4 is 0 Å². The Balaban J connectivity index is 2.95. The number of rotatable bonds is 4. The van der Waals surface area contributed by atoms with Crippen molar-refractivity contribution in [1.82, 2.24) is 9.97 Å². The van der Waals surface area contributed by atoms with Crippen molar-refractivity contribution in [1.29, 1.82) is 0 Å². The predicted octanol–water partition coefficient (Wildman–Crippen LogP) is 1.90. The Morgan fingerprint density at radius 3 is 2.67 bits per heavy atom. The van der Waals surface area contributed by atoms with Gasteiger partial charge in [-0.3, -0.25) is 4.79 Å². The van der Waals surface area contributed by atoms with Crippen LogP contribution in [0.2, 0.25) is 0 Å². The molecule has 1 aromatic rings. The molecule has 4 nitrogen and oxygen atoms in total. The highest BCUT2D eigenvalue weighted by molar-refractivity contribution is 5.10. The zero-order valence-corrected chi connectivity index (χ0v) is 9.76. The van der Waals surface area contributed by atoms with E-state index in [1.54, 1.807) is 0 Å². The Labute approximate surface area is 89.7 Å². The summed E-state index contributed by atoms with van der Waals surface area (Å²) in [6, 6.07) is 1.39. The number of hydrogen-bond acceptors (Lipinski definition) is 3. The lowest BCUT2D eigenvalue weighted by atomic mass is 10.1. The summed E-state index contributed by atoms with van der Waals surface area (Å²) in [6.07, 6.45) is 1.56. The molecule has 84 valence electrons. The van der Waals surface area contributed by atoms with Crippen LogP contribution < -0.4 is 10.3 Å². The van der Waals surface area contributed by atoms with Crippen LogP contribution in [0.1, 0.15) is 39.9 Å². The molecule has 0 unspecified atom stereocenters. The summed E-state index contributed by atoms with van der Waals surface area (Å²) in [5.41, 5.74) is -0.449. The third-order valence-corrected chi connectivity index (χ3v) is 2.33. The summed E-state index contributed by atoms with van der Waals surface area (Å²) >= 11 is 0. The van der Waals surface area contributed by atoms with Gasteiger partial charge in [-0.1, -0.05) is 13.8 Å². The van der Waals surface area contributed by atoms with Crippen molar-refractivity contribution in [2.45, 2.75) is 46.1 Å². The predicted molar refractivity (Wildman–Crippen MR) is 59.2 cm³/mol. The number of ether oxygens (including phenoxy) is 1. The van der Waals surface area contributed by atoms with E-state index in [1.165, 1.54) is 6.07 Å². The minimum absolute atomic E-state index is 0.163. The first kappa shape index (κ1) is 11.8. The van der Waals surface area contributed by atoms with Crippen molar-refractivity contribution in [3.8, 4) is 5.88 Å². The zero-order chi connectivity index (χ0) is 11.5. The van der Waals surface area contributed by atoms with E-state index in [1.807, 2.05) is 27.7 Å². The topological polar surface area (TPSA) is 55.0 Å². The molecule has 0 aliphatic rings. The van der Waals surface area contributed by atoms with Gasteiger partial charge in [-0.05, 0) is 20.3 Å². The van der Waals surface area contributed by atoms with Crippen LogP contribution in [0.25, 0.3) is 0 Å². The number of aromatic nitrogens is 2. The van der Waals surface area contributed by atoms with Crippen molar-refractivity contribution in [3.63, 3.8) is 0 Å². The van der Waals surface area contributed by atoms with Crippen molar-refractivity contribution < 1.29 is 4.74 Å². The second-order valence-electron chi connectivity index (χ2n) is 4.10. The van der Waals surface area contributed by atoms with E-state index in [-0.39, 0.29) is 11.2 Å². The summed E-state index contributed by atoms with van der Waals surface area (Å²) in [7, 11) is 0. The normalized spacial score (nSPS) is 11.5. The Morgan fingerprint density at radius 2 is 2.13 bits per heavy atom. The Bertz CT molecular complexity index is 382. The fourth-order valence-corrected chi connectivity index (χ4v) is 1.06. The summed E-state index contributed by atoms with van der Waals surface area (Å²) in [5, 5.41) is 0. The molecule has 1 heterocycles. The second kappa shape index (κ2) is 4.47. The minimum atomic E-state index is -0.286. The number of hydrogen-bond donors (Lipinski definition) is 1. The molecule has 4 heteroatoms. The Kier molecular flexibility index (Phi) is 3.50. The fourth-order valence-electron chi connectivity index (χ4n) is 1.06. The van der Waals surface area contributed by atoms with Gasteiger partial charge in [0, 0.05) is 6.42 Å². The standard InChI is InChI=1S/C11H18N2O2/c1-5-8-12-9(14)7-10(13-8)15-11(3,4)6-2/h7H,5-6H2,1-4H3,(H,12,13,14). The van der Waals surface area contributed by atoms with Gasteiger partial charge in [-0.25, -0.2) is 4.98 Å². The van der Waals surface area contributed by atoms with Gasteiger partial charge >= 0.3 is 0 Å². The molecule has 15 heavy (non-hydrogen) atoms. The lowest BCUT2D eigenvalue weighted by Crippen LogP contribution is -2.28. The van der Waals surface area contributed by atoms with Gasteiger partial charge in [0.15, 0.2) is 0 Å². The lowest BCUT2D eigenvalue weighted by Gasteiger charge is -2.23. The highest BCUT2D eigenvalue weighted by Crippen LogP contribution is 2.17. The summed E-state index contributed by atoms with van der Waals surface area (Å²) < 4.78 is 5.64. The SMILES string of the molecule is CCc1nc(OC(C)(C)CC)cc(=O)[nH]1. The maximum absolute atomic E-state index is 11.3. The number of H-pyrrole nitrogens is 1. The Hall–Kier alpha value is -1.32. The smallest absolute Gasteiger partial charge is 0.254 e. The van der Waals surface area contributed by atoms with Gasteiger partial charge in [0.25, 0.3) is 5.56 Å². The molecule has 0 atom stereocenters.